The summed E-state index contributed by atoms with van der Waals surface area (Å²) in [5.74, 6) is -1.01. The molecule has 0 atom stereocenters. The van der Waals surface area contributed by atoms with E-state index in [1.807, 2.05) is 0 Å². The van der Waals surface area contributed by atoms with Crippen LogP contribution in [0, 0.1) is 12.7 Å². The van der Waals surface area contributed by atoms with Crippen LogP contribution in [0.15, 0.2) is 42.5 Å². The van der Waals surface area contributed by atoms with Gasteiger partial charge in [-0.25, -0.2) is 4.39 Å². The van der Waals surface area contributed by atoms with Gasteiger partial charge in [0, 0.05) is 11.4 Å². The van der Waals surface area contributed by atoms with E-state index in [2.05, 4.69) is 5.32 Å². The van der Waals surface area contributed by atoms with Crippen LogP contribution in [0.4, 0.5) is 15.8 Å². The molecule has 0 saturated heterocycles. The monoisotopic (exact) mass is 244 g/mol. The zero-order valence-electron chi connectivity index (χ0n) is 9.91. The molecule has 0 unspecified atom stereocenters. The van der Waals surface area contributed by atoms with Gasteiger partial charge in [0.25, 0.3) is 5.91 Å². The zero-order chi connectivity index (χ0) is 13.1. The fourth-order valence-corrected chi connectivity index (χ4v) is 1.58. The summed E-state index contributed by atoms with van der Waals surface area (Å²) in [5.41, 5.74) is 7.59. The number of hydrogen-bond acceptors (Lipinski definition) is 2. The quantitative estimate of drug-likeness (QED) is 0.798. The van der Waals surface area contributed by atoms with Crippen molar-refractivity contribution in [2.75, 3.05) is 11.1 Å². The maximum absolute atomic E-state index is 13.5. The highest BCUT2D eigenvalue weighted by Gasteiger charge is 2.11. The largest absolute Gasteiger partial charge is 0.399 e. The highest BCUT2D eigenvalue weighted by atomic mass is 19.1. The van der Waals surface area contributed by atoms with Crippen molar-refractivity contribution in [3.63, 3.8) is 0 Å². The van der Waals surface area contributed by atoms with E-state index in [-0.39, 0.29) is 5.56 Å². The number of carbonyl (C=O) groups excluding carboxylic acids is 1. The van der Waals surface area contributed by atoms with Crippen molar-refractivity contribution in [3.8, 4) is 0 Å². The van der Waals surface area contributed by atoms with Gasteiger partial charge in [0.15, 0.2) is 0 Å². The Kier molecular flexibility index (Phi) is 3.28. The molecular weight excluding hydrogens is 231 g/mol. The Balaban J connectivity index is 2.21. The van der Waals surface area contributed by atoms with Gasteiger partial charge in [-0.2, -0.15) is 0 Å². The average Bonchev–Trinajstić information content (AvgIpc) is 2.35. The van der Waals surface area contributed by atoms with Crippen LogP contribution in [0.5, 0.6) is 0 Å². The first kappa shape index (κ1) is 12.1. The number of benzene rings is 2. The highest BCUT2D eigenvalue weighted by molar-refractivity contribution is 6.04. The predicted octanol–water partition coefficient (Wildman–Crippen LogP) is 2.97. The first-order valence-corrected chi connectivity index (χ1v) is 5.49. The molecule has 18 heavy (non-hydrogen) atoms. The first-order valence-electron chi connectivity index (χ1n) is 5.49. The maximum atomic E-state index is 13.5. The topological polar surface area (TPSA) is 55.1 Å². The van der Waals surface area contributed by atoms with Gasteiger partial charge in [0.2, 0.25) is 0 Å². The number of nitrogens with two attached hydrogens (primary N) is 1. The zero-order valence-corrected chi connectivity index (χ0v) is 9.91. The Morgan fingerprint density at radius 2 is 1.83 bits per heavy atom. The summed E-state index contributed by atoms with van der Waals surface area (Å²) in [5, 5.41) is 2.62. The molecule has 0 saturated carbocycles. The molecule has 3 N–H and O–H groups in total. The van der Waals surface area contributed by atoms with Crippen LogP contribution in [0.1, 0.15) is 15.9 Å². The first-order chi connectivity index (χ1) is 8.56. The summed E-state index contributed by atoms with van der Waals surface area (Å²) < 4.78 is 13.5. The number of carbonyl (C=O) groups is 1. The molecule has 0 heterocycles. The van der Waals surface area contributed by atoms with Crippen LogP contribution in [0.25, 0.3) is 0 Å². The summed E-state index contributed by atoms with van der Waals surface area (Å²) in [6, 6.07) is 11.1. The van der Waals surface area contributed by atoms with Crippen LogP contribution in [0.2, 0.25) is 0 Å². The van der Waals surface area contributed by atoms with Gasteiger partial charge < -0.3 is 11.1 Å². The van der Waals surface area contributed by atoms with E-state index in [0.717, 1.165) is 5.56 Å². The van der Waals surface area contributed by atoms with Gasteiger partial charge >= 0.3 is 0 Å². The minimum atomic E-state index is -0.534. The molecule has 2 aromatic carbocycles. The summed E-state index contributed by atoms with van der Waals surface area (Å²) >= 11 is 0. The standard InChI is InChI=1S/C14H13FN2O/c1-9-2-7-13(15)12(8-9)14(18)17-11-5-3-10(16)4-6-11/h2-8H,16H2,1H3,(H,17,18). The smallest absolute Gasteiger partial charge is 0.258 e. The molecule has 0 fully saturated rings. The second-order valence-electron chi connectivity index (χ2n) is 4.06. The van der Waals surface area contributed by atoms with Crippen LogP contribution in [0.3, 0.4) is 0 Å². The minimum Gasteiger partial charge on any atom is -0.399 e. The Bertz CT molecular complexity index is 579. The molecule has 3 nitrogen and oxygen atoms in total. The molecular formula is C14H13FN2O. The third kappa shape index (κ3) is 2.66. The van der Waals surface area contributed by atoms with Crippen molar-refractivity contribution >= 4 is 17.3 Å². The van der Waals surface area contributed by atoms with Crippen molar-refractivity contribution < 1.29 is 9.18 Å². The highest BCUT2D eigenvalue weighted by Crippen LogP contribution is 2.15. The normalized spacial score (nSPS) is 10.1. The lowest BCUT2D eigenvalue weighted by Gasteiger charge is -2.07. The molecule has 2 rings (SSSR count). The number of halogens is 1. The SMILES string of the molecule is Cc1ccc(F)c(C(=O)Nc2ccc(N)cc2)c1. The van der Waals surface area contributed by atoms with Crippen molar-refractivity contribution in [1.29, 1.82) is 0 Å². The lowest BCUT2D eigenvalue weighted by molar-refractivity contribution is 0.102. The Morgan fingerprint density at radius 1 is 1.17 bits per heavy atom. The van der Waals surface area contributed by atoms with Crippen molar-refractivity contribution in [2.24, 2.45) is 0 Å². The molecule has 4 heteroatoms. The average molecular weight is 244 g/mol. The lowest BCUT2D eigenvalue weighted by atomic mass is 10.1. The molecule has 0 bridgehead atoms. The molecule has 0 aliphatic heterocycles. The molecule has 0 aliphatic carbocycles. The van der Waals surface area contributed by atoms with Gasteiger partial charge in [0.1, 0.15) is 5.82 Å². The van der Waals surface area contributed by atoms with Gasteiger partial charge in [0.05, 0.1) is 5.56 Å². The molecule has 92 valence electrons. The van der Waals surface area contributed by atoms with E-state index in [0.29, 0.717) is 11.4 Å². The predicted molar refractivity (Wildman–Crippen MR) is 69.9 cm³/mol. The number of nitrogens with one attached hydrogen (secondary N) is 1. The van der Waals surface area contributed by atoms with Crippen molar-refractivity contribution in [2.45, 2.75) is 6.92 Å². The van der Waals surface area contributed by atoms with Gasteiger partial charge in [-0.3, -0.25) is 4.79 Å². The minimum absolute atomic E-state index is 0.0341. The molecule has 2 aromatic rings. The van der Waals surface area contributed by atoms with Crippen LogP contribution >= 0.6 is 0 Å². The van der Waals surface area contributed by atoms with Crippen LogP contribution in [-0.2, 0) is 0 Å². The maximum Gasteiger partial charge on any atom is 0.258 e. The number of amides is 1. The second-order valence-corrected chi connectivity index (χ2v) is 4.06. The van der Waals surface area contributed by atoms with Gasteiger partial charge in [-0.15, -0.1) is 0 Å². The molecule has 0 spiro atoms. The van der Waals surface area contributed by atoms with E-state index in [1.54, 1.807) is 37.3 Å². The lowest BCUT2D eigenvalue weighted by Crippen LogP contribution is -2.13. The Hall–Kier alpha value is -2.36. The van der Waals surface area contributed by atoms with E-state index in [9.17, 15) is 9.18 Å². The number of hydrogen-bond donors (Lipinski definition) is 2. The number of rotatable bonds is 2. The van der Waals surface area contributed by atoms with Crippen LogP contribution < -0.4 is 11.1 Å². The third-order valence-corrected chi connectivity index (χ3v) is 2.54. The van der Waals surface area contributed by atoms with Crippen molar-refractivity contribution in [3.05, 3.63) is 59.4 Å². The third-order valence-electron chi connectivity index (χ3n) is 2.54. The molecule has 0 aliphatic rings. The molecule has 0 aromatic heterocycles. The Labute approximate surface area is 104 Å². The second kappa shape index (κ2) is 4.87. The fourth-order valence-electron chi connectivity index (χ4n) is 1.58. The van der Waals surface area contributed by atoms with E-state index in [4.69, 9.17) is 5.73 Å². The van der Waals surface area contributed by atoms with E-state index in [1.165, 1.54) is 12.1 Å². The number of aryl methyl sites for hydroxylation is 1. The van der Waals surface area contributed by atoms with E-state index >= 15 is 0 Å². The Morgan fingerprint density at radius 3 is 2.50 bits per heavy atom. The van der Waals surface area contributed by atoms with Gasteiger partial charge in [-0.1, -0.05) is 11.6 Å². The van der Waals surface area contributed by atoms with Gasteiger partial charge in [-0.05, 0) is 43.3 Å². The summed E-state index contributed by atoms with van der Waals surface area (Å²) in [6.45, 7) is 1.80. The van der Waals surface area contributed by atoms with E-state index < -0.39 is 11.7 Å². The summed E-state index contributed by atoms with van der Waals surface area (Å²) in [6.07, 6.45) is 0. The summed E-state index contributed by atoms with van der Waals surface area (Å²) in [7, 11) is 0. The number of anilines is 2. The van der Waals surface area contributed by atoms with Crippen molar-refractivity contribution in [1.82, 2.24) is 0 Å². The fraction of sp³-hybridized carbons (Fsp3) is 0.0714. The van der Waals surface area contributed by atoms with Crippen LogP contribution in [-0.4, -0.2) is 5.91 Å². The summed E-state index contributed by atoms with van der Waals surface area (Å²) in [4.78, 5) is 11.9. The number of nitrogen functional groups attached to an aromatic ring is 1. The molecule has 0 radical (unpaired) electrons. The molecule has 1 amide bonds.